The van der Waals surface area contributed by atoms with Gasteiger partial charge in [-0.05, 0) is 25.5 Å². The van der Waals surface area contributed by atoms with Crippen molar-refractivity contribution in [3.63, 3.8) is 0 Å². The van der Waals surface area contributed by atoms with E-state index in [0.29, 0.717) is 5.25 Å². The van der Waals surface area contributed by atoms with Crippen LogP contribution in [0, 0.1) is 0 Å². The van der Waals surface area contributed by atoms with Crippen molar-refractivity contribution in [2.24, 2.45) is 0 Å². The molecule has 0 saturated carbocycles. The molecule has 2 heterocycles. The van der Waals surface area contributed by atoms with Crippen LogP contribution >= 0.6 is 11.8 Å². The predicted molar refractivity (Wildman–Crippen MR) is 70.3 cm³/mol. The molecule has 4 nitrogen and oxygen atoms in total. The largest absolute Gasteiger partial charge is 0.363 e. The molecule has 2 N–H and O–H groups in total. The molecule has 0 aliphatic carbocycles. The van der Waals surface area contributed by atoms with Crippen LogP contribution in [-0.2, 0) is 9.53 Å². The summed E-state index contributed by atoms with van der Waals surface area (Å²) in [5.74, 6) is 1.25. The van der Waals surface area contributed by atoms with Crippen LogP contribution in [0.5, 0.6) is 0 Å². The van der Waals surface area contributed by atoms with Crippen LogP contribution in [0.4, 0.5) is 0 Å². The van der Waals surface area contributed by atoms with E-state index < -0.39 is 0 Å². The van der Waals surface area contributed by atoms with Crippen molar-refractivity contribution >= 4 is 17.7 Å². The first-order valence-electron chi connectivity index (χ1n) is 6.41. The standard InChI is InChI=1S/C12H22N2O2S/c1-12(8-13-9-12)16-7-11(15)14-6-10-4-2-3-5-17-10/h10,13H,2-9H2,1H3,(H,14,15). The molecular weight excluding hydrogens is 236 g/mol. The fourth-order valence-electron chi connectivity index (χ4n) is 2.07. The van der Waals surface area contributed by atoms with E-state index >= 15 is 0 Å². The zero-order valence-electron chi connectivity index (χ0n) is 10.5. The molecule has 1 amide bonds. The van der Waals surface area contributed by atoms with E-state index in [0.717, 1.165) is 19.6 Å². The minimum Gasteiger partial charge on any atom is -0.363 e. The maximum absolute atomic E-state index is 11.6. The number of hydrogen-bond acceptors (Lipinski definition) is 4. The second-order valence-electron chi connectivity index (χ2n) is 5.13. The van der Waals surface area contributed by atoms with E-state index in [2.05, 4.69) is 10.6 Å². The maximum atomic E-state index is 11.6. The van der Waals surface area contributed by atoms with Gasteiger partial charge in [0, 0.05) is 24.9 Å². The molecule has 0 aromatic rings. The summed E-state index contributed by atoms with van der Waals surface area (Å²) in [5, 5.41) is 6.72. The van der Waals surface area contributed by atoms with Gasteiger partial charge in [-0.3, -0.25) is 4.79 Å². The fourth-order valence-corrected chi connectivity index (χ4v) is 3.30. The molecule has 2 saturated heterocycles. The monoisotopic (exact) mass is 258 g/mol. The highest BCUT2D eigenvalue weighted by Crippen LogP contribution is 2.24. The Bertz CT molecular complexity index is 263. The van der Waals surface area contributed by atoms with Crippen LogP contribution in [0.1, 0.15) is 26.2 Å². The van der Waals surface area contributed by atoms with Crippen LogP contribution in [0.15, 0.2) is 0 Å². The third-order valence-corrected chi connectivity index (χ3v) is 4.75. The highest BCUT2D eigenvalue weighted by atomic mass is 32.2. The Morgan fingerprint density at radius 3 is 2.94 bits per heavy atom. The number of carbonyl (C=O) groups is 1. The van der Waals surface area contributed by atoms with E-state index in [1.54, 1.807) is 0 Å². The van der Waals surface area contributed by atoms with Crippen molar-refractivity contribution < 1.29 is 9.53 Å². The smallest absolute Gasteiger partial charge is 0.246 e. The first kappa shape index (κ1) is 13.2. The Morgan fingerprint density at radius 2 is 2.35 bits per heavy atom. The van der Waals surface area contributed by atoms with Gasteiger partial charge < -0.3 is 15.4 Å². The summed E-state index contributed by atoms with van der Waals surface area (Å²) in [5.41, 5.74) is -0.128. The van der Waals surface area contributed by atoms with Crippen LogP contribution < -0.4 is 10.6 Å². The molecule has 2 aliphatic rings. The predicted octanol–water partition coefficient (Wildman–Crippen LogP) is 0.767. The lowest BCUT2D eigenvalue weighted by molar-refractivity contribution is -0.135. The molecular formula is C12H22N2O2S. The Kier molecular flexibility index (Phi) is 4.70. The van der Waals surface area contributed by atoms with Crippen LogP contribution in [-0.4, -0.2) is 48.8 Å². The van der Waals surface area contributed by atoms with Gasteiger partial charge in [0.05, 0.1) is 5.60 Å². The van der Waals surface area contributed by atoms with Crippen LogP contribution in [0.25, 0.3) is 0 Å². The van der Waals surface area contributed by atoms with Crippen molar-refractivity contribution in [1.82, 2.24) is 10.6 Å². The minimum absolute atomic E-state index is 0.0179. The first-order chi connectivity index (χ1) is 8.18. The van der Waals surface area contributed by atoms with Gasteiger partial charge in [-0.25, -0.2) is 0 Å². The van der Waals surface area contributed by atoms with Gasteiger partial charge in [-0.15, -0.1) is 0 Å². The topological polar surface area (TPSA) is 50.4 Å². The average Bonchev–Trinajstić information content (AvgIpc) is 2.33. The molecule has 0 aromatic carbocycles. The molecule has 5 heteroatoms. The molecule has 17 heavy (non-hydrogen) atoms. The van der Waals surface area contributed by atoms with Gasteiger partial charge >= 0.3 is 0 Å². The SMILES string of the molecule is CC1(OCC(=O)NCC2CCCCS2)CNC1. The molecule has 1 unspecified atom stereocenters. The van der Waals surface area contributed by atoms with E-state index in [1.807, 2.05) is 18.7 Å². The number of hydrogen-bond donors (Lipinski definition) is 2. The van der Waals surface area contributed by atoms with Gasteiger partial charge in [0.15, 0.2) is 0 Å². The summed E-state index contributed by atoms with van der Waals surface area (Å²) < 4.78 is 5.59. The molecule has 0 aromatic heterocycles. The van der Waals surface area contributed by atoms with Crippen LogP contribution in [0.3, 0.4) is 0 Å². The second-order valence-corrected chi connectivity index (χ2v) is 6.54. The lowest BCUT2D eigenvalue weighted by atomic mass is 10.0. The summed E-state index contributed by atoms with van der Waals surface area (Å²) in [7, 11) is 0. The van der Waals surface area contributed by atoms with E-state index in [1.165, 1.54) is 25.0 Å². The Morgan fingerprint density at radius 1 is 1.53 bits per heavy atom. The van der Waals surface area contributed by atoms with E-state index in [-0.39, 0.29) is 18.1 Å². The minimum atomic E-state index is -0.128. The number of amides is 1. The number of nitrogens with one attached hydrogen (secondary N) is 2. The second kappa shape index (κ2) is 6.07. The lowest BCUT2D eigenvalue weighted by Gasteiger charge is -2.38. The molecule has 0 radical (unpaired) electrons. The Hall–Kier alpha value is -0.260. The van der Waals surface area contributed by atoms with Gasteiger partial charge in [-0.1, -0.05) is 6.42 Å². The van der Waals surface area contributed by atoms with E-state index in [9.17, 15) is 4.79 Å². The number of carbonyl (C=O) groups excluding carboxylic acids is 1. The molecule has 2 rings (SSSR count). The zero-order valence-corrected chi connectivity index (χ0v) is 11.3. The lowest BCUT2D eigenvalue weighted by Crippen LogP contribution is -2.59. The number of rotatable bonds is 5. The van der Waals surface area contributed by atoms with Crippen molar-refractivity contribution in [2.75, 3.05) is 32.0 Å². The van der Waals surface area contributed by atoms with E-state index in [4.69, 9.17) is 4.74 Å². The first-order valence-corrected chi connectivity index (χ1v) is 7.46. The Balaban J connectivity index is 1.57. The summed E-state index contributed by atoms with van der Waals surface area (Å²) in [6.07, 6.45) is 3.85. The highest BCUT2D eigenvalue weighted by molar-refractivity contribution is 7.99. The fraction of sp³-hybridized carbons (Fsp3) is 0.917. The molecule has 0 bridgehead atoms. The highest BCUT2D eigenvalue weighted by Gasteiger charge is 2.33. The molecule has 0 spiro atoms. The van der Waals surface area contributed by atoms with Crippen molar-refractivity contribution in [1.29, 1.82) is 0 Å². The normalized spacial score (nSPS) is 27.2. The average molecular weight is 258 g/mol. The molecule has 2 aliphatic heterocycles. The van der Waals surface area contributed by atoms with Crippen molar-refractivity contribution in [2.45, 2.75) is 37.0 Å². The van der Waals surface area contributed by atoms with Gasteiger partial charge in [-0.2, -0.15) is 11.8 Å². The third kappa shape index (κ3) is 4.16. The molecule has 2 fully saturated rings. The number of thioether (sulfide) groups is 1. The summed E-state index contributed by atoms with van der Waals surface area (Å²) in [6, 6.07) is 0. The quantitative estimate of drug-likeness (QED) is 0.765. The van der Waals surface area contributed by atoms with Crippen molar-refractivity contribution in [3.8, 4) is 0 Å². The maximum Gasteiger partial charge on any atom is 0.246 e. The molecule has 98 valence electrons. The zero-order chi connectivity index (χ0) is 12.1. The summed E-state index contributed by atoms with van der Waals surface area (Å²) >= 11 is 1.98. The van der Waals surface area contributed by atoms with Gasteiger partial charge in [0.1, 0.15) is 6.61 Å². The number of ether oxygens (including phenoxy) is 1. The van der Waals surface area contributed by atoms with Crippen molar-refractivity contribution in [3.05, 3.63) is 0 Å². The Labute approximate surface area is 107 Å². The third-order valence-electron chi connectivity index (χ3n) is 3.35. The van der Waals surface area contributed by atoms with Crippen LogP contribution in [0.2, 0.25) is 0 Å². The molecule has 1 atom stereocenters. The van der Waals surface area contributed by atoms with Gasteiger partial charge in [0.25, 0.3) is 0 Å². The summed E-state index contributed by atoms with van der Waals surface area (Å²) in [6.45, 7) is 4.71. The van der Waals surface area contributed by atoms with Gasteiger partial charge in [0.2, 0.25) is 5.91 Å². The summed E-state index contributed by atoms with van der Waals surface area (Å²) in [4.78, 5) is 11.6.